The van der Waals surface area contributed by atoms with Gasteiger partial charge in [0.15, 0.2) is 0 Å². The zero-order valence-electron chi connectivity index (χ0n) is 12.6. The molecule has 1 aliphatic heterocycles. The van der Waals surface area contributed by atoms with Crippen LogP contribution >= 0.6 is 0 Å². The Morgan fingerprint density at radius 2 is 1.95 bits per heavy atom. The molecule has 4 heteroatoms. The molecular formula is C17H22N2O2. The number of benzene rings is 1. The van der Waals surface area contributed by atoms with Crippen LogP contribution in [0.4, 0.5) is 5.69 Å². The average Bonchev–Trinajstić information content (AvgIpc) is 2.69. The minimum Gasteiger partial charge on any atom is -0.367 e. The minimum absolute atomic E-state index is 0.0108. The number of nitrogens with zero attached hydrogens (tertiary/aromatic N) is 1. The third-order valence-electron chi connectivity index (χ3n) is 4.74. The van der Waals surface area contributed by atoms with Gasteiger partial charge in [-0.25, -0.2) is 0 Å². The molecule has 1 aromatic carbocycles. The van der Waals surface area contributed by atoms with Gasteiger partial charge >= 0.3 is 0 Å². The van der Waals surface area contributed by atoms with E-state index in [-0.39, 0.29) is 30.3 Å². The number of hydrogen-bond donors (Lipinski definition) is 1. The zero-order chi connectivity index (χ0) is 15.0. The van der Waals surface area contributed by atoms with Crippen LogP contribution in [0.25, 0.3) is 0 Å². The highest BCUT2D eigenvalue weighted by molar-refractivity contribution is 6.05. The number of imide groups is 1. The fourth-order valence-corrected chi connectivity index (χ4v) is 3.54. The molecule has 0 aromatic heterocycles. The summed E-state index contributed by atoms with van der Waals surface area (Å²) in [6, 6.07) is 7.95. The highest BCUT2D eigenvalue weighted by Gasteiger charge is 2.49. The van der Waals surface area contributed by atoms with Gasteiger partial charge in [-0.15, -0.1) is 0 Å². The third-order valence-corrected chi connectivity index (χ3v) is 4.74. The number of likely N-dealkylation sites (tertiary alicyclic amines) is 1. The normalized spacial score (nSPS) is 28.7. The first kappa shape index (κ1) is 14.1. The first-order valence-electron chi connectivity index (χ1n) is 7.72. The van der Waals surface area contributed by atoms with Crippen molar-refractivity contribution in [2.75, 3.05) is 12.0 Å². The summed E-state index contributed by atoms with van der Waals surface area (Å²) in [5, 5.41) is 3.19. The Morgan fingerprint density at radius 1 is 1.19 bits per heavy atom. The van der Waals surface area contributed by atoms with Crippen molar-refractivity contribution in [3.63, 3.8) is 0 Å². The standard InChI is InChI=1S/C17H22N2O2/c1-11-4-3-5-13(8-11)18-10-19-16(20)14-7-6-12(2)9-15(14)17(19)21/h3-5,8,12,14-15,18H,6-7,9-10H2,1-2H3/t12-,14+,15-/m0/s1. The van der Waals surface area contributed by atoms with Crippen LogP contribution in [-0.2, 0) is 9.59 Å². The second-order valence-electron chi connectivity index (χ2n) is 6.44. The Hall–Kier alpha value is -1.84. The Bertz CT molecular complexity index is 570. The van der Waals surface area contributed by atoms with Crippen LogP contribution in [0.15, 0.2) is 24.3 Å². The molecule has 1 heterocycles. The Kier molecular flexibility index (Phi) is 3.70. The molecule has 1 aliphatic carbocycles. The molecule has 0 bridgehead atoms. The van der Waals surface area contributed by atoms with Crippen LogP contribution in [0.3, 0.4) is 0 Å². The molecule has 112 valence electrons. The molecule has 21 heavy (non-hydrogen) atoms. The van der Waals surface area contributed by atoms with Gasteiger partial charge in [-0.2, -0.15) is 0 Å². The van der Waals surface area contributed by atoms with Crippen molar-refractivity contribution in [3.05, 3.63) is 29.8 Å². The smallest absolute Gasteiger partial charge is 0.234 e. The summed E-state index contributed by atoms with van der Waals surface area (Å²) in [5.74, 6) is 0.412. The van der Waals surface area contributed by atoms with E-state index in [0.717, 1.165) is 30.5 Å². The molecule has 2 amide bonds. The SMILES string of the molecule is Cc1cccc(NCN2C(=O)[C@H]3C[C@@H](C)CC[C@H]3C2=O)c1. The summed E-state index contributed by atoms with van der Waals surface area (Å²) < 4.78 is 0. The summed E-state index contributed by atoms with van der Waals surface area (Å²) in [6.45, 7) is 4.47. The van der Waals surface area contributed by atoms with E-state index in [1.54, 1.807) is 0 Å². The Morgan fingerprint density at radius 3 is 2.71 bits per heavy atom. The number of carbonyl (C=O) groups is 2. The summed E-state index contributed by atoms with van der Waals surface area (Å²) >= 11 is 0. The molecule has 3 atom stereocenters. The first-order chi connectivity index (χ1) is 10.1. The molecule has 1 N–H and O–H groups in total. The van der Waals surface area contributed by atoms with Crippen LogP contribution in [-0.4, -0.2) is 23.4 Å². The van der Waals surface area contributed by atoms with Crippen LogP contribution < -0.4 is 5.32 Å². The Labute approximate surface area is 125 Å². The van der Waals surface area contributed by atoms with Crippen LogP contribution in [0, 0.1) is 24.7 Å². The van der Waals surface area contributed by atoms with E-state index in [1.165, 1.54) is 4.90 Å². The van der Waals surface area contributed by atoms with Gasteiger partial charge in [0, 0.05) is 5.69 Å². The van der Waals surface area contributed by atoms with Gasteiger partial charge in [-0.1, -0.05) is 19.1 Å². The maximum Gasteiger partial charge on any atom is 0.234 e. The van der Waals surface area contributed by atoms with Crippen molar-refractivity contribution in [1.29, 1.82) is 0 Å². The van der Waals surface area contributed by atoms with Gasteiger partial charge in [-0.05, 0) is 49.8 Å². The van der Waals surface area contributed by atoms with Gasteiger partial charge < -0.3 is 5.32 Å². The van der Waals surface area contributed by atoms with Crippen LogP contribution in [0.2, 0.25) is 0 Å². The highest BCUT2D eigenvalue weighted by atomic mass is 16.2. The molecule has 0 spiro atoms. The lowest BCUT2D eigenvalue weighted by Crippen LogP contribution is -2.35. The predicted molar refractivity (Wildman–Crippen MR) is 81.5 cm³/mol. The van der Waals surface area contributed by atoms with Gasteiger partial charge in [0.2, 0.25) is 11.8 Å². The lowest BCUT2D eigenvalue weighted by molar-refractivity contribution is -0.139. The van der Waals surface area contributed by atoms with Gasteiger partial charge in [-0.3, -0.25) is 14.5 Å². The molecular weight excluding hydrogens is 264 g/mol. The van der Waals surface area contributed by atoms with E-state index in [2.05, 4.69) is 12.2 Å². The number of fused-ring (bicyclic) bond motifs is 1. The van der Waals surface area contributed by atoms with Gasteiger partial charge in [0.25, 0.3) is 0 Å². The molecule has 0 unspecified atom stereocenters. The average molecular weight is 286 g/mol. The molecule has 4 nitrogen and oxygen atoms in total. The molecule has 2 aliphatic rings. The number of aryl methyl sites for hydroxylation is 1. The van der Waals surface area contributed by atoms with E-state index in [0.29, 0.717) is 5.92 Å². The second-order valence-corrected chi connectivity index (χ2v) is 6.44. The van der Waals surface area contributed by atoms with Gasteiger partial charge in [0.1, 0.15) is 0 Å². The molecule has 0 radical (unpaired) electrons. The second kappa shape index (κ2) is 5.51. The number of carbonyl (C=O) groups excluding carboxylic acids is 2. The molecule has 3 rings (SSSR count). The highest BCUT2D eigenvalue weighted by Crippen LogP contribution is 2.40. The molecule has 1 saturated carbocycles. The van der Waals surface area contributed by atoms with E-state index in [1.807, 2.05) is 31.2 Å². The van der Waals surface area contributed by atoms with Crippen molar-refractivity contribution >= 4 is 17.5 Å². The minimum atomic E-state index is -0.0828. The Balaban J connectivity index is 1.68. The van der Waals surface area contributed by atoms with E-state index in [9.17, 15) is 9.59 Å². The fraction of sp³-hybridized carbons (Fsp3) is 0.529. The summed E-state index contributed by atoms with van der Waals surface area (Å²) in [4.78, 5) is 26.3. The maximum absolute atomic E-state index is 12.4. The largest absolute Gasteiger partial charge is 0.367 e. The molecule has 1 saturated heterocycles. The van der Waals surface area contributed by atoms with E-state index in [4.69, 9.17) is 0 Å². The lowest BCUT2D eigenvalue weighted by atomic mass is 9.76. The van der Waals surface area contributed by atoms with E-state index >= 15 is 0 Å². The maximum atomic E-state index is 12.4. The van der Waals surface area contributed by atoms with Crippen molar-refractivity contribution in [1.82, 2.24) is 4.90 Å². The zero-order valence-corrected chi connectivity index (χ0v) is 12.6. The van der Waals surface area contributed by atoms with E-state index < -0.39 is 0 Å². The number of hydrogen-bond acceptors (Lipinski definition) is 3. The van der Waals surface area contributed by atoms with Crippen molar-refractivity contribution in [2.24, 2.45) is 17.8 Å². The number of nitrogens with one attached hydrogen (secondary N) is 1. The summed E-state index contributed by atoms with van der Waals surface area (Å²) in [6.07, 6.45) is 2.77. The molecule has 1 aromatic rings. The molecule has 2 fully saturated rings. The number of anilines is 1. The number of amides is 2. The van der Waals surface area contributed by atoms with Gasteiger partial charge in [0.05, 0.1) is 18.5 Å². The lowest BCUT2D eigenvalue weighted by Gasteiger charge is -2.25. The van der Waals surface area contributed by atoms with Crippen molar-refractivity contribution < 1.29 is 9.59 Å². The summed E-state index contributed by atoms with van der Waals surface area (Å²) in [5.41, 5.74) is 2.10. The summed E-state index contributed by atoms with van der Waals surface area (Å²) in [7, 11) is 0. The van der Waals surface area contributed by atoms with Crippen LogP contribution in [0.5, 0.6) is 0 Å². The quantitative estimate of drug-likeness (QED) is 0.869. The predicted octanol–water partition coefficient (Wildman–Crippen LogP) is 2.79. The topological polar surface area (TPSA) is 49.4 Å². The van der Waals surface area contributed by atoms with Crippen molar-refractivity contribution in [3.8, 4) is 0 Å². The number of rotatable bonds is 3. The van der Waals surface area contributed by atoms with Crippen LogP contribution in [0.1, 0.15) is 31.7 Å². The monoisotopic (exact) mass is 286 g/mol. The first-order valence-corrected chi connectivity index (χ1v) is 7.72. The third kappa shape index (κ3) is 2.67. The fourth-order valence-electron chi connectivity index (χ4n) is 3.54. The van der Waals surface area contributed by atoms with Crippen molar-refractivity contribution in [2.45, 2.75) is 33.1 Å².